The van der Waals surface area contributed by atoms with Gasteiger partial charge >= 0.3 is 0 Å². The lowest BCUT2D eigenvalue weighted by Gasteiger charge is -2.36. The molecule has 1 N–H and O–H groups in total. The van der Waals surface area contributed by atoms with Gasteiger partial charge in [0, 0.05) is 23.9 Å². The van der Waals surface area contributed by atoms with Crippen molar-refractivity contribution in [2.45, 2.75) is 57.3 Å². The van der Waals surface area contributed by atoms with Crippen LogP contribution >= 0.6 is 11.3 Å². The largest absolute Gasteiger partial charge is 0.490 e. The average Bonchev–Trinajstić information content (AvgIpc) is 3.25. The van der Waals surface area contributed by atoms with E-state index in [2.05, 4.69) is 22.2 Å². The number of thiophene rings is 1. The number of carbonyl (C=O) groups is 1. The first-order valence-corrected chi connectivity index (χ1v) is 11.5. The van der Waals surface area contributed by atoms with Crippen LogP contribution in [0.1, 0.15) is 37.5 Å². The van der Waals surface area contributed by atoms with E-state index in [0.717, 1.165) is 29.2 Å². The van der Waals surface area contributed by atoms with Gasteiger partial charge in [-0.05, 0) is 63.1 Å². The summed E-state index contributed by atoms with van der Waals surface area (Å²) in [6.07, 6.45) is 6.52. The number of hydrogen-bond donors (Lipinski definition) is 1. The molecular formula is C23H26N4O3S. The summed E-state index contributed by atoms with van der Waals surface area (Å²) in [5.41, 5.74) is 1.31. The Labute approximate surface area is 184 Å². The smallest absolute Gasteiger partial charge is 0.275 e. The molecule has 0 aliphatic carbocycles. The molecule has 0 radical (unpaired) electrons. The molecule has 2 saturated heterocycles. The number of amides is 1. The number of fused-ring (bicyclic) bond motifs is 3. The van der Waals surface area contributed by atoms with Gasteiger partial charge < -0.3 is 15.0 Å². The fourth-order valence-corrected chi connectivity index (χ4v) is 5.76. The van der Waals surface area contributed by atoms with Gasteiger partial charge in [0.2, 0.25) is 5.91 Å². The number of rotatable bonds is 5. The van der Waals surface area contributed by atoms with Crippen molar-refractivity contribution in [1.29, 1.82) is 0 Å². The zero-order chi connectivity index (χ0) is 21.5. The summed E-state index contributed by atoms with van der Waals surface area (Å²) in [7, 11) is 2.23. The standard InChI is InChI=1S/C23H26N4O3S/c1-14(28)24-12-20-11-21-22(31-20)23(29)27(13-25-21)15-5-7-18(8-6-15)30-19-9-16-3-4-17(10-19)26(16)2/h5-8,11,13,16-17,19H,3-4,9-10,12H2,1-2H3,(H,24,28)/t16-,17+,19+. The van der Waals surface area contributed by atoms with Crippen molar-refractivity contribution in [3.8, 4) is 11.4 Å². The molecule has 2 fully saturated rings. The SMILES string of the molecule is CC(=O)NCc1cc2ncn(-c3ccc(O[C@H]4C[C@H]5CC[C@@H](C4)N5C)cc3)c(=O)c2s1. The van der Waals surface area contributed by atoms with E-state index in [1.807, 2.05) is 30.3 Å². The molecule has 3 aromatic rings. The molecule has 2 bridgehead atoms. The molecule has 31 heavy (non-hydrogen) atoms. The maximum Gasteiger partial charge on any atom is 0.275 e. The minimum absolute atomic E-state index is 0.0990. The lowest BCUT2D eigenvalue weighted by molar-refractivity contribution is -0.119. The van der Waals surface area contributed by atoms with Crippen LogP contribution in [0.5, 0.6) is 5.75 Å². The second kappa shape index (κ2) is 8.09. The monoisotopic (exact) mass is 438 g/mol. The average molecular weight is 439 g/mol. The molecule has 5 rings (SSSR count). The molecule has 2 aliphatic rings. The Kier molecular flexibility index (Phi) is 5.27. The van der Waals surface area contributed by atoms with Gasteiger partial charge in [0.15, 0.2) is 0 Å². The number of carbonyl (C=O) groups excluding carboxylic acids is 1. The first kappa shape index (κ1) is 20.2. The highest BCUT2D eigenvalue weighted by Gasteiger charge is 2.39. The topological polar surface area (TPSA) is 76.5 Å². The van der Waals surface area contributed by atoms with Crippen molar-refractivity contribution in [2.75, 3.05) is 7.05 Å². The Balaban J connectivity index is 1.33. The Bertz CT molecular complexity index is 1160. The molecule has 2 aliphatic heterocycles. The third-order valence-corrected chi connectivity index (χ3v) is 7.59. The number of piperidine rings is 1. The van der Waals surface area contributed by atoms with Crippen molar-refractivity contribution in [3.63, 3.8) is 0 Å². The zero-order valence-electron chi connectivity index (χ0n) is 17.7. The van der Waals surface area contributed by atoms with Gasteiger partial charge in [0.25, 0.3) is 5.56 Å². The van der Waals surface area contributed by atoms with Crippen LogP contribution in [-0.4, -0.2) is 45.6 Å². The molecule has 1 amide bonds. The van der Waals surface area contributed by atoms with Gasteiger partial charge in [-0.15, -0.1) is 11.3 Å². The van der Waals surface area contributed by atoms with Gasteiger partial charge in [-0.1, -0.05) is 0 Å². The van der Waals surface area contributed by atoms with Gasteiger partial charge in [-0.2, -0.15) is 0 Å². The van der Waals surface area contributed by atoms with Crippen molar-refractivity contribution in [1.82, 2.24) is 19.8 Å². The van der Waals surface area contributed by atoms with Gasteiger partial charge in [-0.25, -0.2) is 4.98 Å². The molecular weight excluding hydrogens is 412 g/mol. The first-order chi connectivity index (χ1) is 15.0. The molecule has 3 atom stereocenters. The zero-order valence-corrected chi connectivity index (χ0v) is 18.5. The van der Waals surface area contributed by atoms with E-state index in [1.54, 1.807) is 10.9 Å². The number of aromatic nitrogens is 2. The molecule has 162 valence electrons. The highest BCUT2D eigenvalue weighted by Crippen LogP contribution is 2.36. The Morgan fingerprint density at radius 3 is 2.61 bits per heavy atom. The van der Waals surface area contributed by atoms with Gasteiger partial charge in [-0.3, -0.25) is 14.2 Å². The molecule has 2 aromatic heterocycles. The predicted molar refractivity (Wildman–Crippen MR) is 121 cm³/mol. The first-order valence-electron chi connectivity index (χ1n) is 10.7. The third kappa shape index (κ3) is 3.97. The predicted octanol–water partition coefficient (Wildman–Crippen LogP) is 3.09. The summed E-state index contributed by atoms with van der Waals surface area (Å²) in [5.74, 6) is 0.742. The highest BCUT2D eigenvalue weighted by molar-refractivity contribution is 7.18. The number of nitrogens with zero attached hydrogens (tertiary/aromatic N) is 3. The summed E-state index contributed by atoms with van der Waals surface area (Å²) in [5, 5.41) is 2.76. The highest BCUT2D eigenvalue weighted by atomic mass is 32.1. The minimum Gasteiger partial charge on any atom is -0.490 e. The van der Waals surface area contributed by atoms with Crippen LogP contribution in [0.25, 0.3) is 15.9 Å². The maximum atomic E-state index is 13.0. The molecule has 0 spiro atoms. The maximum absolute atomic E-state index is 13.0. The number of ether oxygens (including phenoxy) is 1. The third-order valence-electron chi connectivity index (χ3n) is 6.47. The molecule has 1 aromatic carbocycles. The van der Waals surface area contributed by atoms with Crippen LogP contribution < -0.4 is 15.6 Å². The Morgan fingerprint density at radius 1 is 1.23 bits per heavy atom. The van der Waals surface area contributed by atoms with E-state index in [-0.39, 0.29) is 17.6 Å². The van der Waals surface area contributed by atoms with Crippen molar-refractivity contribution in [2.24, 2.45) is 0 Å². The molecule has 0 unspecified atom stereocenters. The molecule has 0 saturated carbocycles. The lowest BCUT2D eigenvalue weighted by Crippen LogP contribution is -2.43. The Morgan fingerprint density at radius 2 is 1.94 bits per heavy atom. The van der Waals surface area contributed by atoms with Gasteiger partial charge in [0.05, 0.1) is 17.7 Å². The van der Waals surface area contributed by atoms with E-state index < -0.39 is 0 Å². The summed E-state index contributed by atoms with van der Waals surface area (Å²) in [6, 6.07) is 10.8. The fraction of sp³-hybridized carbons (Fsp3) is 0.435. The number of hydrogen-bond acceptors (Lipinski definition) is 6. The van der Waals surface area contributed by atoms with E-state index in [4.69, 9.17) is 4.74 Å². The van der Waals surface area contributed by atoms with Crippen LogP contribution in [0, 0.1) is 0 Å². The molecule has 7 nitrogen and oxygen atoms in total. The summed E-state index contributed by atoms with van der Waals surface area (Å²) >= 11 is 1.37. The van der Waals surface area contributed by atoms with Crippen LogP contribution in [0.3, 0.4) is 0 Å². The Hall–Kier alpha value is -2.71. The van der Waals surface area contributed by atoms with E-state index in [9.17, 15) is 9.59 Å². The lowest BCUT2D eigenvalue weighted by atomic mass is 10.0. The number of nitrogens with one attached hydrogen (secondary N) is 1. The second-order valence-electron chi connectivity index (χ2n) is 8.51. The quantitative estimate of drug-likeness (QED) is 0.663. The fourth-order valence-electron chi connectivity index (χ4n) is 4.78. The van der Waals surface area contributed by atoms with Crippen LogP contribution in [-0.2, 0) is 11.3 Å². The molecule has 4 heterocycles. The van der Waals surface area contributed by atoms with Crippen molar-refractivity contribution >= 4 is 27.5 Å². The van der Waals surface area contributed by atoms with Crippen molar-refractivity contribution in [3.05, 3.63) is 51.9 Å². The van der Waals surface area contributed by atoms with Crippen LogP contribution in [0.15, 0.2) is 41.5 Å². The number of benzene rings is 1. The van der Waals surface area contributed by atoms with E-state index in [1.165, 1.54) is 31.1 Å². The van der Waals surface area contributed by atoms with E-state index in [0.29, 0.717) is 28.8 Å². The summed E-state index contributed by atoms with van der Waals surface area (Å²) < 4.78 is 8.41. The normalized spacial score (nSPS) is 23.2. The minimum atomic E-state index is -0.107. The van der Waals surface area contributed by atoms with Gasteiger partial charge in [0.1, 0.15) is 22.9 Å². The summed E-state index contributed by atoms with van der Waals surface area (Å²) in [4.78, 5) is 32.0. The molecule has 8 heteroatoms. The van der Waals surface area contributed by atoms with Crippen LogP contribution in [0.2, 0.25) is 0 Å². The van der Waals surface area contributed by atoms with Crippen molar-refractivity contribution < 1.29 is 9.53 Å². The second-order valence-corrected chi connectivity index (χ2v) is 9.65. The summed E-state index contributed by atoms with van der Waals surface area (Å²) in [6.45, 7) is 1.88. The van der Waals surface area contributed by atoms with Crippen LogP contribution in [0.4, 0.5) is 0 Å². The van der Waals surface area contributed by atoms with E-state index >= 15 is 0 Å².